The topological polar surface area (TPSA) is 59.1 Å². The fraction of sp³-hybridized carbons (Fsp3) is 0.550. The first kappa shape index (κ1) is 21.9. The standard InChI is InChI=1S/C20H26NO4S2.BrH/c1-12(10-15-18-17(25-18)13(2)21(15,3)4)24-19(22)20(23,14-7-9-26-11-14)16-6-5-8-27-16;/h5-9,11-13,15,17-18,23H,10H2,1-4H3;1H/q+1;/p-1/t12-,13-,15-,17-,18+,20?;/m1./s1. The van der Waals surface area contributed by atoms with Crippen LogP contribution in [0.3, 0.4) is 0 Å². The summed E-state index contributed by atoms with van der Waals surface area (Å²) in [4.78, 5) is 13.6. The van der Waals surface area contributed by atoms with Crippen molar-refractivity contribution in [1.29, 1.82) is 0 Å². The van der Waals surface area contributed by atoms with Gasteiger partial charge in [-0.2, -0.15) is 11.3 Å². The summed E-state index contributed by atoms with van der Waals surface area (Å²) >= 11 is 2.80. The molecule has 6 atom stereocenters. The van der Waals surface area contributed by atoms with Crippen molar-refractivity contribution in [3.05, 3.63) is 44.8 Å². The Kier molecular flexibility index (Phi) is 6.12. The van der Waals surface area contributed by atoms with Crippen molar-refractivity contribution in [3.8, 4) is 0 Å². The largest absolute Gasteiger partial charge is 1.00 e. The minimum atomic E-state index is -1.76. The number of likely N-dealkylation sites (tertiary alicyclic amines) is 1. The van der Waals surface area contributed by atoms with Crippen LogP contribution in [0.1, 0.15) is 30.7 Å². The first-order chi connectivity index (χ1) is 12.8. The van der Waals surface area contributed by atoms with E-state index in [0.29, 0.717) is 35.0 Å². The van der Waals surface area contributed by atoms with Gasteiger partial charge in [-0.15, -0.1) is 11.3 Å². The number of thiophene rings is 2. The number of fused-ring (bicyclic) bond motifs is 1. The fourth-order valence-corrected chi connectivity index (χ4v) is 5.80. The number of aliphatic hydroxyl groups is 1. The molecule has 1 unspecified atom stereocenters. The van der Waals surface area contributed by atoms with Crippen molar-refractivity contribution in [2.45, 2.75) is 56.3 Å². The smallest absolute Gasteiger partial charge is 0.348 e. The molecular weight excluding hydrogens is 462 g/mol. The highest BCUT2D eigenvalue weighted by molar-refractivity contribution is 7.10. The van der Waals surface area contributed by atoms with Gasteiger partial charge < -0.3 is 36.0 Å². The van der Waals surface area contributed by atoms with Crippen molar-refractivity contribution in [2.24, 2.45) is 0 Å². The molecule has 1 N–H and O–H groups in total. The maximum absolute atomic E-state index is 13.1. The molecule has 2 aromatic heterocycles. The molecule has 0 aromatic carbocycles. The third-order valence-electron chi connectivity index (χ3n) is 6.31. The summed E-state index contributed by atoms with van der Waals surface area (Å²) in [5, 5.41) is 16.8. The first-order valence-corrected chi connectivity index (χ1v) is 11.1. The number of morpholine rings is 1. The normalized spacial score (nSPS) is 30.6. The Balaban J connectivity index is 0.00000225. The van der Waals surface area contributed by atoms with E-state index in [1.54, 1.807) is 17.5 Å². The molecule has 0 spiro atoms. The zero-order valence-corrected chi connectivity index (χ0v) is 19.6. The Labute approximate surface area is 184 Å². The number of epoxide rings is 1. The van der Waals surface area contributed by atoms with Crippen LogP contribution in [0, 0.1) is 0 Å². The maximum atomic E-state index is 13.1. The number of hydrogen-bond donors (Lipinski definition) is 1. The Morgan fingerprint density at radius 1 is 1.36 bits per heavy atom. The van der Waals surface area contributed by atoms with Crippen LogP contribution in [0.25, 0.3) is 0 Å². The number of quaternary nitrogens is 1. The van der Waals surface area contributed by atoms with Crippen molar-refractivity contribution in [1.82, 2.24) is 0 Å². The van der Waals surface area contributed by atoms with Gasteiger partial charge in [-0.3, -0.25) is 0 Å². The minimum absolute atomic E-state index is 0. The van der Waals surface area contributed by atoms with Crippen molar-refractivity contribution >= 4 is 28.6 Å². The van der Waals surface area contributed by atoms with Crippen LogP contribution in [0.2, 0.25) is 0 Å². The predicted molar refractivity (Wildman–Crippen MR) is 106 cm³/mol. The summed E-state index contributed by atoms with van der Waals surface area (Å²) in [7, 11) is 4.43. The number of halogens is 1. The van der Waals surface area contributed by atoms with Gasteiger partial charge in [0.1, 0.15) is 30.4 Å². The number of hydrogen-bond acceptors (Lipinski definition) is 6. The molecule has 2 aliphatic rings. The van der Waals surface area contributed by atoms with E-state index >= 15 is 0 Å². The van der Waals surface area contributed by atoms with Gasteiger partial charge in [0, 0.05) is 12.0 Å². The van der Waals surface area contributed by atoms with Crippen LogP contribution < -0.4 is 17.0 Å². The van der Waals surface area contributed by atoms with E-state index in [4.69, 9.17) is 9.47 Å². The number of carbonyl (C=O) groups is 1. The summed E-state index contributed by atoms with van der Waals surface area (Å²) in [6, 6.07) is 6.12. The van der Waals surface area contributed by atoms with Crippen LogP contribution >= 0.6 is 22.7 Å². The number of carbonyl (C=O) groups excluding carboxylic acids is 1. The number of rotatable bonds is 6. The van der Waals surface area contributed by atoms with Crippen LogP contribution in [0.15, 0.2) is 34.3 Å². The summed E-state index contributed by atoms with van der Waals surface area (Å²) in [6.07, 6.45) is 0.986. The quantitative estimate of drug-likeness (QED) is 0.353. The number of esters is 1. The molecule has 28 heavy (non-hydrogen) atoms. The SMILES string of the molecule is C[C@H](C[C@@H]1[C@@H]2O[C@@H]2[C@@H](C)[N+]1(C)C)OC(=O)C(O)(c1ccsc1)c1cccs1.[Br-]. The highest BCUT2D eigenvalue weighted by atomic mass is 79.9. The molecular formula is C20H26BrNO4S2. The fourth-order valence-electron chi connectivity index (χ4n) is 4.27. The molecule has 0 amide bonds. The molecule has 0 bridgehead atoms. The van der Waals surface area contributed by atoms with E-state index in [-0.39, 0.29) is 29.2 Å². The molecule has 4 heterocycles. The second-order valence-corrected chi connectivity index (χ2v) is 9.88. The van der Waals surface area contributed by atoms with Crippen molar-refractivity contribution < 1.29 is 40.8 Å². The van der Waals surface area contributed by atoms with Crippen LogP contribution in [0.4, 0.5) is 0 Å². The monoisotopic (exact) mass is 487 g/mol. The summed E-state index contributed by atoms with van der Waals surface area (Å²) < 4.78 is 12.5. The predicted octanol–water partition coefficient (Wildman–Crippen LogP) is -0.0142. The summed E-state index contributed by atoms with van der Waals surface area (Å²) in [6.45, 7) is 4.12. The van der Waals surface area contributed by atoms with E-state index in [9.17, 15) is 9.90 Å². The molecule has 8 heteroatoms. The zero-order chi connectivity index (χ0) is 19.4. The minimum Gasteiger partial charge on any atom is -1.00 e. The van der Waals surface area contributed by atoms with Gasteiger partial charge in [0.25, 0.3) is 0 Å². The average Bonchev–Trinajstić information content (AvgIpc) is 3.01. The van der Waals surface area contributed by atoms with Gasteiger partial charge in [-0.1, -0.05) is 6.07 Å². The number of nitrogens with zero attached hydrogens (tertiary/aromatic N) is 1. The lowest BCUT2D eigenvalue weighted by Crippen LogP contribution is -3.00. The second kappa shape index (κ2) is 7.81. The van der Waals surface area contributed by atoms with E-state index in [0.717, 1.165) is 4.48 Å². The molecule has 2 fully saturated rings. The highest BCUT2D eigenvalue weighted by Crippen LogP contribution is 2.46. The third-order valence-corrected chi connectivity index (χ3v) is 7.98. The van der Waals surface area contributed by atoms with Gasteiger partial charge in [0.2, 0.25) is 5.60 Å². The molecule has 2 aromatic rings. The number of ether oxygens (including phenoxy) is 2. The summed E-state index contributed by atoms with van der Waals surface area (Å²) in [5.41, 5.74) is -1.20. The lowest BCUT2D eigenvalue weighted by atomic mass is 9.94. The van der Waals surface area contributed by atoms with Crippen LogP contribution in [-0.4, -0.2) is 60.0 Å². The van der Waals surface area contributed by atoms with Gasteiger partial charge >= 0.3 is 5.97 Å². The van der Waals surface area contributed by atoms with Crippen LogP contribution in [0.5, 0.6) is 0 Å². The van der Waals surface area contributed by atoms with Crippen molar-refractivity contribution in [3.63, 3.8) is 0 Å². The Bertz CT molecular complexity index is 774. The molecule has 0 aliphatic carbocycles. The van der Waals surface area contributed by atoms with E-state index < -0.39 is 11.6 Å². The lowest BCUT2D eigenvalue weighted by molar-refractivity contribution is -0.930. The molecule has 2 saturated heterocycles. The molecule has 4 rings (SSSR count). The van der Waals surface area contributed by atoms with E-state index in [2.05, 4.69) is 21.0 Å². The molecule has 154 valence electrons. The Morgan fingerprint density at radius 2 is 2.11 bits per heavy atom. The molecule has 0 radical (unpaired) electrons. The van der Waals surface area contributed by atoms with Gasteiger partial charge in [0.15, 0.2) is 0 Å². The zero-order valence-electron chi connectivity index (χ0n) is 16.4. The Hall–Kier alpha value is -0.770. The van der Waals surface area contributed by atoms with E-state index in [1.807, 2.05) is 23.8 Å². The van der Waals surface area contributed by atoms with Gasteiger partial charge in [-0.25, -0.2) is 4.79 Å². The number of likely N-dealkylation sites (N-methyl/N-ethyl adjacent to an activating group) is 1. The molecule has 5 nitrogen and oxygen atoms in total. The highest BCUT2D eigenvalue weighted by Gasteiger charge is 2.66. The average molecular weight is 488 g/mol. The van der Waals surface area contributed by atoms with Gasteiger partial charge in [0.05, 0.1) is 19.0 Å². The van der Waals surface area contributed by atoms with Crippen LogP contribution in [-0.2, 0) is 19.9 Å². The van der Waals surface area contributed by atoms with Crippen molar-refractivity contribution in [2.75, 3.05) is 14.1 Å². The summed E-state index contributed by atoms with van der Waals surface area (Å²) in [5.74, 6) is -0.611. The Morgan fingerprint density at radius 3 is 2.64 bits per heavy atom. The van der Waals surface area contributed by atoms with Gasteiger partial charge in [-0.05, 0) is 42.1 Å². The lowest BCUT2D eigenvalue weighted by Gasteiger charge is -2.39. The maximum Gasteiger partial charge on any atom is 0.348 e. The second-order valence-electron chi connectivity index (χ2n) is 8.15. The molecule has 2 aliphatic heterocycles. The van der Waals surface area contributed by atoms with E-state index in [1.165, 1.54) is 22.7 Å². The molecule has 0 saturated carbocycles. The first-order valence-electron chi connectivity index (χ1n) is 9.25. The third kappa shape index (κ3) is 3.48.